The third-order valence-electron chi connectivity index (χ3n) is 4.13. The number of halogens is 1. The summed E-state index contributed by atoms with van der Waals surface area (Å²) in [6.07, 6.45) is 0. The number of rotatable bonds is 3. The van der Waals surface area contributed by atoms with Crippen molar-refractivity contribution in [2.75, 3.05) is 14.2 Å². The maximum absolute atomic E-state index is 5.44. The Morgan fingerprint density at radius 1 is 0.917 bits per heavy atom. The van der Waals surface area contributed by atoms with E-state index < -0.39 is 0 Å². The second-order valence-electron chi connectivity index (χ2n) is 5.43. The highest BCUT2D eigenvalue weighted by Crippen LogP contribution is 2.37. The SMILES string of the molecule is COc1ccc(OC)c2[nH]c(-c3ccc4ccccc4c3Br)nc12. The van der Waals surface area contributed by atoms with Crippen molar-refractivity contribution in [3.63, 3.8) is 0 Å². The van der Waals surface area contributed by atoms with Crippen molar-refractivity contribution in [2.45, 2.75) is 0 Å². The number of methoxy groups -OCH3 is 2. The van der Waals surface area contributed by atoms with Crippen LogP contribution < -0.4 is 9.47 Å². The molecule has 0 radical (unpaired) electrons. The van der Waals surface area contributed by atoms with Gasteiger partial charge in [-0.2, -0.15) is 0 Å². The molecule has 0 saturated carbocycles. The first-order chi connectivity index (χ1) is 11.7. The molecule has 5 heteroatoms. The van der Waals surface area contributed by atoms with E-state index in [0.29, 0.717) is 5.75 Å². The van der Waals surface area contributed by atoms with Crippen LogP contribution in [0.1, 0.15) is 0 Å². The Kier molecular flexibility index (Phi) is 3.65. The van der Waals surface area contributed by atoms with Gasteiger partial charge in [0.1, 0.15) is 28.4 Å². The highest BCUT2D eigenvalue weighted by Gasteiger charge is 2.16. The van der Waals surface area contributed by atoms with E-state index in [2.05, 4.69) is 45.2 Å². The molecule has 0 fully saturated rings. The third kappa shape index (κ3) is 2.24. The van der Waals surface area contributed by atoms with E-state index in [1.165, 1.54) is 5.39 Å². The summed E-state index contributed by atoms with van der Waals surface area (Å²) in [6, 6.07) is 16.1. The normalized spacial score (nSPS) is 11.1. The van der Waals surface area contributed by atoms with Crippen LogP contribution in [-0.4, -0.2) is 24.2 Å². The number of nitrogens with zero attached hydrogens (tertiary/aromatic N) is 1. The van der Waals surface area contributed by atoms with E-state index in [1.54, 1.807) is 14.2 Å². The fourth-order valence-electron chi connectivity index (χ4n) is 2.92. The number of nitrogens with one attached hydrogen (secondary N) is 1. The summed E-state index contributed by atoms with van der Waals surface area (Å²) in [6.45, 7) is 0. The molecule has 4 rings (SSSR count). The van der Waals surface area contributed by atoms with Crippen LogP contribution in [0.5, 0.6) is 11.5 Å². The zero-order chi connectivity index (χ0) is 16.7. The minimum absolute atomic E-state index is 0.713. The summed E-state index contributed by atoms with van der Waals surface area (Å²) in [7, 11) is 3.29. The van der Waals surface area contributed by atoms with E-state index in [4.69, 9.17) is 14.5 Å². The van der Waals surface area contributed by atoms with Gasteiger partial charge in [0, 0.05) is 10.0 Å². The Balaban J connectivity index is 1.99. The number of aromatic amines is 1. The van der Waals surface area contributed by atoms with Crippen LogP contribution in [0.3, 0.4) is 0 Å². The monoisotopic (exact) mass is 382 g/mol. The largest absolute Gasteiger partial charge is 0.494 e. The Bertz CT molecular complexity index is 1020. The summed E-state index contributed by atoms with van der Waals surface area (Å²) in [5.74, 6) is 2.22. The second kappa shape index (κ2) is 5.83. The van der Waals surface area contributed by atoms with Gasteiger partial charge in [-0.05, 0) is 44.9 Å². The van der Waals surface area contributed by atoms with Gasteiger partial charge in [-0.15, -0.1) is 0 Å². The van der Waals surface area contributed by atoms with Crippen molar-refractivity contribution in [2.24, 2.45) is 0 Å². The molecular formula is C19H15BrN2O2. The van der Waals surface area contributed by atoms with Crippen molar-refractivity contribution < 1.29 is 9.47 Å². The number of aromatic nitrogens is 2. The first kappa shape index (κ1) is 15.0. The van der Waals surface area contributed by atoms with Gasteiger partial charge in [-0.25, -0.2) is 4.98 Å². The van der Waals surface area contributed by atoms with Gasteiger partial charge in [0.25, 0.3) is 0 Å². The lowest BCUT2D eigenvalue weighted by Crippen LogP contribution is -1.88. The Labute approximate surface area is 147 Å². The van der Waals surface area contributed by atoms with Crippen LogP contribution in [0, 0.1) is 0 Å². The molecule has 0 aliphatic carbocycles. The molecule has 3 aromatic carbocycles. The molecule has 24 heavy (non-hydrogen) atoms. The molecule has 120 valence electrons. The van der Waals surface area contributed by atoms with Gasteiger partial charge in [0.15, 0.2) is 0 Å². The van der Waals surface area contributed by atoms with E-state index in [1.807, 2.05) is 24.3 Å². The first-order valence-electron chi connectivity index (χ1n) is 7.51. The summed E-state index contributed by atoms with van der Waals surface area (Å²) in [4.78, 5) is 8.10. The predicted octanol–water partition coefficient (Wildman–Crippen LogP) is 5.16. The molecule has 4 aromatic rings. The molecule has 4 nitrogen and oxygen atoms in total. The molecule has 1 N–H and O–H groups in total. The molecule has 0 bridgehead atoms. The lowest BCUT2D eigenvalue weighted by molar-refractivity contribution is 0.409. The molecule has 0 spiro atoms. The van der Waals surface area contributed by atoms with E-state index >= 15 is 0 Å². The van der Waals surface area contributed by atoms with Crippen molar-refractivity contribution in [3.05, 3.63) is 53.0 Å². The summed E-state index contributed by atoms with van der Waals surface area (Å²) < 4.78 is 11.9. The highest BCUT2D eigenvalue weighted by molar-refractivity contribution is 9.10. The van der Waals surface area contributed by atoms with E-state index in [-0.39, 0.29) is 0 Å². The molecule has 0 saturated heterocycles. The minimum atomic E-state index is 0.713. The zero-order valence-electron chi connectivity index (χ0n) is 13.3. The Hall–Kier alpha value is -2.53. The lowest BCUT2D eigenvalue weighted by atomic mass is 10.1. The summed E-state index contributed by atoms with van der Waals surface area (Å²) in [5, 5.41) is 2.33. The van der Waals surface area contributed by atoms with Crippen LogP contribution in [-0.2, 0) is 0 Å². The average Bonchev–Trinajstić information content (AvgIpc) is 3.06. The smallest absolute Gasteiger partial charge is 0.146 e. The average molecular weight is 383 g/mol. The number of imidazole rings is 1. The predicted molar refractivity (Wildman–Crippen MR) is 99.8 cm³/mol. The van der Waals surface area contributed by atoms with E-state index in [0.717, 1.165) is 38.0 Å². The van der Waals surface area contributed by atoms with Crippen molar-refractivity contribution >= 4 is 37.7 Å². The van der Waals surface area contributed by atoms with Crippen LogP contribution in [0.4, 0.5) is 0 Å². The fourth-order valence-corrected chi connectivity index (χ4v) is 3.60. The van der Waals surface area contributed by atoms with Crippen LogP contribution >= 0.6 is 15.9 Å². The fraction of sp³-hybridized carbons (Fsp3) is 0.105. The van der Waals surface area contributed by atoms with Crippen molar-refractivity contribution in [1.29, 1.82) is 0 Å². The van der Waals surface area contributed by atoms with Gasteiger partial charge in [-0.1, -0.05) is 30.3 Å². The molecule has 1 heterocycles. The van der Waals surface area contributed by atoms with Gasteiger partial charge in [0.05, 0.1) is 14.2 Å². The zero-order valence-corrected chi connectivity index (χ0v) is 14.8. The second-order valence-corrected chi connectivity index (χ2v) is 6.22. The van der Waals surface area contributed by atoms with Crippen LogP contribution in [0.25, 0.3) is 33.2 Å². The number of benzene rings is 3. The lowest BCUT2D eigenvalue weighted by Gasteiger charge is -2.05. The first-order valence-corrected chi connectivity index (χ1v) is 8.30. The third-order valence-corrected chi connectivity index (χ3v) is 4.98. The number of hydrogen-bond acceptors (Lipinski definition) is 3. The maximum Gasteiger partial charge on any atom is 0.146 e. The molecule has 0 amide bonds. The minimum Gasteiger partial charge on any atom is -0.494 e. The van der Waals surface area contributed by atoms with Gasteiger partial charge in [0.2, 0.25) is 0 Å². The molecule has 0 unspecified atom stereocenters. The molecular weight excluding hydrogens is 368 g/mol. The standard InChI is InChI=1S/C19H15BrN2O2/c1-23-14-9-10-15(24-2)18-17(14)21-19(22-18)13-8-7-11-5-3-4-6-12(11)16(13)20/h3-10H,1-2H3,(H,21,22). The highest BCUT2D eigenvalue weighted by atomic mass is 79.9. The molecule has 0 aliphatic rings. The van der Waals surface area contributed by atoms with Crippen molar-refractivity contribution in [3.8, 4) is 22.9 Å². The molecule has 1 aromatic heterocycles. The topological polar surface area (TPSA) is 47.1 Å². The van der Waals surface area contributed by atoms with E-state index in [9.17, 15) is 0 Å². The Morgan fingerprint density at radius 3 is 2.46 bits per heavy atom. The number of fused-ring (bicyclic) bond motifs is 2. The summed E-state index contributed by atoms with van der Waals surface area (Å²) in [5.41, 5.74) is 2.58. The number of H-pyrrole nitrogens is 1. The molecule has 0 aliphatic heterocycles. The van der Waals surface area contributed by atoms with Gasteiger partial charge >= 0.3 is 0 Å². The van der Waals surface area contributed by atoms with Gasteiger partial charge in [-0.3, -0.25) is 0 Å². The van der Waals surface area contributed by atoms with Crippen LogP contribution in [0.2, 0.25) is 0 Å². The summed E-state index contributed by atoms with van der Waals surface area (Å²) >= 11 is 3.72. The van der Waals surface area contributed by atoms with Crippen LogP contribution in [0.15, 0.2) is 53.0 Å². The van der Waals surface area contributed by atoms with Crippen molar-refractivity contribution in [1.82, 2.24) is 9.97 Å². The molecule has 0 atom stereocenters. The maximum atomic E-state index is 5.44. The van der Waals surface area contributed by atoms with Gasteiger partial charge < -0.3 is 14.5 Å². The Morgan fingerprint density at radius 2 is 1.67 bits per heavy atom. The number of ether oxygens (including phenoxy) is 2. The number of hydrogen-bond donors (Lipinski definition) is 1. The quantitative estimate of drug-likeness (QED) is 0.532.